The highest BCUT2D eigenvalue weighted by molar-refractivity contribution is 5.75. The first-order valence-electron chi connectivity index (χ1n) is 8.11. The molecule has 0 heterocycles. The van der Waals surface area contributed by atoms with Gasteiger partial charge < -0.3 is 4.74 Å². The summed E-state index contributed by atoms with van der Waals surface area (Å²) in [7, 11) is 0. The summed E-state index contributed by atoms with van der Waals surface area (Å²) in [4.78, 5) is 11.4. The topological polar surface area (TPSA) is 26.3 Å². The van der Waals surface area contributed by atoms with Crippen molar-refractivity contribution < 1.29 is 9.53 Å². The van der Waals surface area contributed by atoms with Crippen molar-refractivity contribution in [3.8, 4) is 0 Å². The van der Waals surface area contributed by atoms with E-state index in [0.29, 0.717) is 12.5 Å². The third-order valence-electron chi connectivity index (χ3n) is 3.85. The van der Waals surface area contributed by atoms with Crippen LogP contribution in [0, 0.1) is 11.8 Å². The molecular formula is C17H30O2. The quantitative estimate of drug-likeness (QED) is 0.302. The summed E-state index contributed by atoms with van der Waals surface area (Å²) in [5.74, 6) is 0.856. The van der Waals surface area contributed by atoms with E-state index in [0.717, 1.165) is 6.42 Å². The van der Waals surface area contributed by atoms with Crippen LogP contribution in [0.4, 0.5) is 0 Å². The highest BCUT2D eigenvalue weighted by Gasteiger charge is 2.43. The van der Waals surface area contributed by atoms with E-state index in [1.165, 1.54) is 51.4 Å². The van der Waals surface area contributed by atoms with Gasteiger partial charge in [-0.25, -0.2) is 0 Å². The van der Waals surface area contributed by atoms with Gasteiger partial charge in [0.2, 0.25) is 0 Å². The summed E-state index contributed by atoms with van der Waals surface area (Å²) in [6.07, 6.45) is 15.9. The highest BCUT2D eigenvalue weighted by Crippen LogP contribution is 2.43. The molecule has 0 unspecified atom stereocenters. The molecule has 0 aromatic carbocycles. The largest absolute Gasteiger partial charge is 0.466 e. The molecule has 0 saturated heterocycles. The summed E-state index contributed by atoms with van der Waals surface area (Å²) in [5, 5.41) is 0. The van der Waals surface area contributed by atoms with Gasteiger partial charge >= 0.3 is 5.97 Å². The van der Waals surface area contributed by atoms with Crippen LogP contribution in [0.2, 0.25) is 0 Å². The Labute approximate surface area is 118 Å². The second-order valence-corrected chi connectivity index (χ2v) is 5.61. The Kier molecular flexibility index (Phi) is 8.61. The van der Waals surface area contributed by atoms with Gasteiger partial charge in [-0.1, -0.05) is 38.3 Å². The molecule has 19 heavy (non-hydrogen) atoms. The van der Waals surface area contributed by atoms with Crippen LogP contribution in [0.15, 0.2) is 12.2 Å². The van der Waals surface area contributed by atoms with Gasteiger partial charge in [-0.3, -0.25) is 4.79 Å². The first-order valence-corrected chi connectivity index (χ1v) is 8.11. The van der Waals surface area contributed by atoms with Crippen LogP contribution < -0.4 is 0 Å². The molecule has 0 aliphatic heterocycles. The van der Waals surface area contributed by atoms with Gasteiger partial charge in [0.1, 0.15) is 0 Å². The minimum atomic E-state index is 0.0268. The van der Waals surface area contributed by atoms with E-state index in [2.05, 4.69) is 19.1 Å². The maximum Gasteiger partial charge on any atom is 0.309 e. The van der Waals surface area contributed by atoms with Crippen LogP contribution in [0.1, 0.15) is 71.6 Å². The Bertz CT molecular complexity index is 270. The Morgan fingerprint density at radius 3 is 2.53 bits per heavy atom. The first kappa shape index (κ1) is 16.3. The van der Waals surface area contributed by atoms with Crippen molar-refractivity contribution in [2.75, 3.05) is 6.61 Å². The van der Waals surface area contributed by atoms with Gasteiger partial charge in [-0.15, -0.1) is 0 Å². The molecule has 0 bridgehead atoms. The molecular weight excluding hydrogens is 236 g/mol. The average Bonchev–Trinajstić information content (AvgIpc) is 3.17. The number of allylic oxidation sites excluding steroid dienone is 2. The number of unbranched alkanes of at least 4 members (excludes halogenated alkanes) is 5. The molecule has 0 N–H and O–H groups in total. The molecule has 0 aromatic heterocycles. The van der Waals surface area contributed by atoms with Crippen molar-refractivity contribution in [2.45, 2.75) is 71.6 Å². The van der Waals surface area contributed by atoms with Crippen molar-refractivity contribution in [2.24, 2.45) is 11.8 Å². The van der Waals surface area contributed by atoms with Crippen LogP contribution in [-0.4, -0.2) is 12.6 Å². The Morgan fingerprint density at radius 2 is 1.84 bits per heavy atom. The Balaban J connectivity index is 1.89. The van der Waals surface area contributed by atoms with E-state index in [1.807, 2.05) is 6.92 Å². The minimum absolute atomic E-state index is 0.0268. The zero-order valence-electron chi connectivity index (χ0n) is 12.7. The smallest absolute Gasteiger partial charge is 0.309 e. The predicted octanol–water partition coefficient (Wildman–Crippen LogP) is 4.88. The molecule has 1 saturated carbocycles. The van der Waals surface area contributed by atoms with Crippen LogP contribution >= 0.6 is 0 Å². The van der Waals surface area contributed by atoms with Crippen LogP contribution in [0.3, 0.4) is 0 Å². The number of carbonyl (C=O) groups is 1. The highest BCUT2D eigenvalue weighted by atomic mass is 16.5. The van der Waals surface area contributed by atoms with Crippen molar-refractivity contribution in [1.29, 1.82) is 0 Å². The molecule has 2 heteroatoms. The van der Waals surface area contributed by atoms with Crippen LogP contribution in [0.25, 0.3) is 0 Å². The Hall–Kier alpha value is -0.790. The summed E-state index contributed by atoms with van der Waals surface area (Å²) in [6, 6.07) is 0. The molecule has 1 aliphatic rings. The number of hydrogen-bond donors (Lipinski definition) is 0. The summed E-state index contributed by atoms with van der Waals surface area (Å²) in [6.45, 7) is 4.64. The average molecular weight is 266 g/mol. The predicted molar refractivity (Wildman–Crippen MR) is 80.0 cm³/mol. The molecule has 110 valence electrons. The molecule has 2 atom stereocenters. The molecule has 0 amide bonds. The summed E-state index contributed by atoms with van der Waals surface area (Å²) in [5.41, 5.74) is 0. The van der Waals surface area contributed by atoms with Crippen molar-refractivity contribution in [3.05, 3.63) is 12.2 Å². The van der Waals surface area contributed by atoms with Crippen molar-refractivity contribution >= 4 is 5.97 Å². The number of esters is 1. The zero-order chi connectivity index (χ0) is 13.9. The van der Waals surface area contributed by atoms with E-state index in [-0.39, 0.29) is 11.9 Å². The SMILES string of the molecule is CCCCCC/C=C\CCC[C@H]1C[C@H]1C(=O)OCC. The van der Waals surface area contributed by atoms with E-state index in [1.54, 1.807) is 0 Å². The third-order valence-corrected chi connectivity index (χ3v) is 3.85. The second-order valence-electron chi connectivity index (χ2n) is 5.61. The lowest BCUT2D eigenvalue weighted by Crippen LogP contribution is -2.07. The fourth-order valence-corrected chi connectivity index (χ4v) is 2.53. The van der Waals surface area contributed by atoms with Crippen LogP contribution in [-0.2, 0) is 9.53 Å². The number of rotatable bonds is 11. The molecule has 0 spiro atoms. The van der Waals surface area contributed by atoms with Gasteiger partial charge in [-0.2, -0.15) is 0 Å². The molecule has 2 nitrogen and oxygen atoms in total. The zero-order valence-corrected chi connectivity index (χ0v) is 12.7. The maximum absolute atomic E-state index is 11.4. The Morgan fingerprint density at radius 1 is 1.11 bits per heavy atom. The summed E-state index contributed by atoms with van der Waals surface area (Å²) < 4.78 is 5.03. The standard InChI is InChI=1S/C17H30O2/c1-3-5-6-7-8-9-10-11-12-13-15-14-16(15)17(18)19-4-2/h9-10,15-16H,3-8,11-14H2,1-2H3/b10-9-/t15-,16+/m0/s1. The minimum Gasteiger partial charge on any atom is -0.466 e. The summed E-state index contributed by atoms with van der Waals surface area (Å²) >= 11 is 0. The van der Waals surface area contributed by atoms with Gasteiger partial charge in [0.25, 0.3) is 0 Å². The normalized spacial score (nSPS) is 21.8. The van der Waals surface area contributed by atoms with Gasteiger partial charge in [0, 0.05) is 0 Å². The van der Waals surface area contributed by atoms with Crippen LogP contribution in [0.5, 0.6) is 0 Å². The number of ether oxygens (including phenoxy) is 1. The van der Waals surface area contributed by atoms with E-state index in [4.69, 9.17) is 4.74 Å². The second kappa shape index (κ2) is 10.1. The van der Waals surface area contributed by atoms with Crippen molar-refractivity contribution in [3.63, 3.8) is 0 Å². The van der Waals surface area contributed by atoms with Gasteiger partial charge in [0.05, 0.1) is 12.5 Å². The lowest BCUT2D eigenvalue weighted by atomic mass is 10.1. The molecule has 0 aromatic rings. The van der Waals surface area contributed by atoms with Crippen molar-refractivity contribution in [1.82, 2.24) is 0 Å². The van der Waals surface area contributed by atoms with E-state index in [9.17, 15) is 4.79 Å². The van der Waals surface area contributed by atoms with E-state index < -0.39 is 0 Å². The molecule has 1 rings (SSSR count). The van der Waals surface area contributed by atoms with E-state index >= 15 is 0 Å². The third kappa shape index (κ3) is 7.39. The first-order chi connectivity index (χ1) is 9.29. The fourth-order valence-electron chi connectivity index (χ4n) is 2.53. The monoisotopic (exact) mass is 266 g/mol. The lowest BCUT2D eigenvalue weighted by Gasteiger charge is -2.00. The van der Waals surface area contributed by atoms with Gasteiger partial charge in [0.15, 0.2) is 0 Å². The number of carbonyl (C=O) groups excluding carboxylic acids is 1. The van der Waals surface area contributed by atoms with Gasteiger partial charge in [-0.05, 0) is 51.4 Å². The molecule has 0 radical (unpaired) electrons. The number of hydrogen-bond acceptors (Lipinski definition) is 2. The lowest BCUT2D eigenvalue weighted by molar-refractivity contribution is -0.145. The maximum atomic E-state index is 11.4. The fraction of sp³-hybridized carbons (Fsp3) is 0.824. The molecule has 1 fully saturated rings. The molecule has 1 aliphatic carbocycles.